The predicted molar refractivity (Wildman–Crippen MR) is 90.4 cm³/mol. The van der Waals surface area contributed by atoms with Gasteiger partial charge in [-0.1, -0.05) is 19.1 Å². The van der Waals surface area contributed by atoms with Gasteiger partial charge in [-0.3, -0.25) is 4.79 Å². The van der Waals surface area contributed by atoms with Crippen molar-refractivity contribution in [3.05, 3.63) is 46.1 Å². The van der Waals surface area contributed by atoms with E-state index in [0.717, 1.165) is 17.5 Å². The number of hydrogen-bond donors (Lipinski definition) is 0. The maximum absolute atomic E-state index is 13.0. The maximum Gasteiger partial charge on any atom is 0.223 e. The van der Waals surface area contributed by atoms with E-state index in [-0.39, 0.29) is 5.78 Å². The van der Waals surface area contributed by atoms with Crippen LogP contribution in [-0.2, 0) is 13.0 Å². The van der Waals surface area contributed by atoms with E-state index in [4.69, 9.17) is 4.74 Å². The van der Waals surface area contributed by atoms with Gasteiger partial charge in [-0.25, -0.2) is 4.68 Å². The molecular weight excluding hydrogens is 288 g/mol. The molecule has 1 atom stereocenters. The fourth-order valence-electron chi connectivity index (χ4n) is 3.79. The van der Waals surface area contributed by atoms with Gasteiger partial charge in [-0.15, -0.1) is 0 Å². The summed E-state index contributed by atoms with van der Waals surface area (Å²) in [7, 11) is 1.59. The van der Waals surface area contributed by atoms with Crippen LogP contribution in [-0.4, -0.2) is 22.7 Å². The normalized spacial score (nSPS) is 17.0. The fourth-order valence-corrected chi connectivity index (χ4v) is 3.79. The Morgan fingerprint density at radius 3 is 2.87 bits per heavy atom. The Morgan fingerprint density at radius 1 is 1.39 bits per heavy atom. The van der Waals surface area contributed by atoms with E-state index in [1.807, 2.05) is 13.0 Å². The molecule has 1 aliphatic rings. The first-order valence-electron chi connectivity index (χ1n) is 8.35. The summed E-state index contributed by atoms with van der Waals surface area (Å²) in [6, 6.07) is 4.10. The number of methoxy groups -OCH3 is 1. The summed E-state index contributed by atoms with van der Waals surface area (Å²) >= 11 is 0. The average Bonchev–Trinajstić information content (AvgIpc) is 2.97. The number of fused-ring (bicyclic) bond motifs is 1. The summed E-state index contributed by atoms with van der Waals surface area (Å²) in [6.45, 7) is 6.99. The van der Waals surface area contributed by atoms with Gasteiger partial charge in [0.2, 0.25) is 5.88 Å². The standard InChI is InChI=1S/C19H24N2O2/c1-5-21-19(23-4)16(11-20-21)18(22)15-10-9-14-8-6-7-12(2)17(14)13(15)3/h9-12H,5-8H2,1-4H3. The first kappa shape index (κ1) is 15.8. The van der Waals surface area contributed by atoms with E-state index in [2.05, 4.69) is 25.0 Å². The van der Waals surface area contributed by atoms with Crippen molar-refractivity contribution in [2.45, 2.75) is 52.5 Å². The van der Waals surface area contributed by atoms with E-state index >= 15 is 0 Å². The van der Waals surface area contributed by atoms with Gasteiger partial charge in [0.05, 0.1) is 13.3 Å². The van der Waals surface area contributed by atoms with Crippen LogP contribution in [0.25, 0.3) is 0 Å². The highest BCUT2D eigenvalue weighted by molar-refractivity contribution is 6.11. The number of ether oxygens (including phenoxy) is 1. The van der Waals surface area contributed by atoms with Gasteiger partial charge in [0, 0.05) is 12.1 Å². The Hall–Kier alpha value is -2.10. The number of carbonyl (C=O) groups excluding carboxylic acids is 1. The average molecular weight is 312 g/mol. The maximum atomic E-state index is 13.0. The van der Waals surface area contributed by atoms with Crippen molar-refractivity contribution in [3.63, 3.8) is 0 Å². The Bertz CT molecular complexity index is 746. The van der Waals surface area contributed by atoms with Crippen LogP contribution in [0.1, 0.15) is 65.2 Å². The lowest BCUT2D eigenvalue weighted by molar-refractivity contribution is 0.103. The van der Waals surface area contributed by atoms with Crippen molar-refractivity contribution < 1.29 is 9.53 Å². The number of aryl methyl sites for hydroxylation is 2. The number of aromatic nitrogens is 2. The summed E-state index contributed by atoms with van der Waals surface area (Å²) < 4.78 is 7.12. The Morgan fingerprint density at radius 2 is 2.17 bits per heavy atom. The SMILES string of the molecule is CCn1ncc(C(=O)c2ccc3c(c2C)C(C)CCC3)c1OC. The highest BCUT2D eigenvalue weighted by Crippen LogP contribution is 2.36. The summed E-state index contributed by atoms with van der Waals surface area (Å²) in [5, 5.41) is 4.25. The lowest BCUT2D eigenvalue weighted by Gasteiger charge is -2.25. The van der Waals surface area contributed by atoms with E-state index in [1.165, 1.54) is 24.0 Å². The number of carbonyl (C=O) groups is 1. The molecule has 2 aromatic rings. The number of hydrogen-bond acceptors (Lipinski definition) is 3. The van der Waals surface area contributed by atoms with Gasteiger partial charge in [0.25, 0.3) is 0 Å². The quantitative estimate of drug-likeness (QED) is 0.804. The minimum atomic E-state index is -0.000349. The first-order valence-corrected chi connectivity index (χ1v) is 8.35. The molecule has 4 nitrogen and oxygen atoms in total. The Labute approximate surface area is 137 Å². The molecule has 0 spiro atoms. The van der Waals surface area contributed by atoms with E-state index in [1.54, 1.807) is 18.0 Å². The minimum Gasteiger partial charge on any atom is -0.481 e. The van der Waals surface area contributed by atoms with E-state index < -0.39 is 0 Å². The van der Waals surface area contributed by atoms with Gasteiger partial charge in [-0.2, -0.15) is 5.10 Å². The molecule has 0 saturated heterocycles. The molecule has 23 heavy (non-hydrogen) atoms. The van der Waals surface area contributed by atoms with E-state index in [9.17, 15) is 4.79 Å². The monoisotopic (exact) mass is 312 g/mol. The van der Waals surface area contributed by atoms with Crippen molar-refractivity contribution in [2.24, 2.45) is 0 Å². The molecule has 0 saturated carbocycles. The molecule has 0 bridgehead atoms. The zero-order valence-corrected chi connectivity index (χ0v) is 14.3. The Balaban J connectivity index is 2.07. The van der Waals surface area contributed by atoms with Crippen molar-refractivity contribution in [1.29, 1.82) is 0 Å². The molecule has 1 unspecified atom stereocenters. The second-order valence-corrected chi connectivity index (χ2v) is 6.32. The molecule has 0 radical (unpaired) electrons. The van der Waals surface area contributed by atoms with Gasteiger partial charge >= 0.3 is 0 Å². The molecule has 4 heteroatoms. The lowest BCUT2D eigenvalue weighted by Crippen LogP contribution is -2.13. The van der Waals surface area contributed by atoms with Gasteiger partial charge in [0.1, 0.15) is 5.56 Å². The zero-order valence-electron chi connectivity index (χ0n) is 14.3. The summed E-state index contributed by atoms with van der Waals surface area (Å²) in [5.41, 5.74) is 5.19. The zero-order chi connectivity index (χ0) is 16.6. The number of nitrogens with zero attached hydrogens (tertiary/aromatic N) is 2. The van der Waals surface area contributed by atoms with Crippen LogP contribution in [0.4, 0.5) is 0 Å². The number of rotatable bonds is 4. The lowest BCUT2D eigenvalue weighted by atomic mass is 9.79. The summed E-state index contributed by atoms with van der Waals surface area (Å²) in [6.07, 6.45) is 5.17. The predicted octanol–water partition coefficient (Wildman–Crippen LogP) is 3.89. The van der Waals surface area contributed by atoms with Gasteiger partial charge in [0.15, 0.2) is 5.78 Å². The van der Waals surface area contributed by atoms with Crippen LogP contribution < -0.4 is 4.74 Å². The van der Waals surface area contributed by atoms with E-state index in [0.29, 0.717) is 23.9 Å². The molecule has 0 amide bonds. The molecule has 1 aromatic heterocycles. The van der Waals surface area contributed by atoms with Crippen LogP contribution in [0.5, 0.6) is 5.88 Å². The molecule has 122 valence electrons. The second-order valence-electron chi connectivity index (χ2n) is 6.32. The molecule has 0 aliphatic heterocycles. The topological polar surface area (TPSA) is 44.1 Å². The van der Waals surface area contributed by atoms with Crippen LogP contribution in [0.2, 0.25) is 0 Å². The molecule has 0 N–H and O–H groups in total. The van der Waals surface area contributed by atoms with Crippen LogP contribution >= 0.6 is 0 Å². The Kier molecular flexibility index (Phi) is 4.24. The third-order valence-electron chi connectivity index (χ3n) is 4.95. The van der Waals surface area contributed by atoms with Crippen molar-refractivity contribution >= 4 is 5.78 Å². The second kappa shape index (κ2) is 6.19. The van der Waals surface area contributed by atoms with Crippen LogP contribution in [0, 0.1) is 6.92 Å². The van der Waals surface area contributed by atoms with Crippen molar-refractivity contribution in [1.82, 2.24) is 9.78 Å². The molecule has 0 fully saturated rings. The van der Waals surface area contributed by atoms with Gasteiger partial charge < -0.3 is 4.74 Å². The molecule has 3 rings (SSSR count). The summed E-state index contributed by atoms with van der Waals surface area (Å²) in [5.74, 6) is 1.06. The largest absolute Gasteiger partial charge is 0.481 e. The first-order chi connectivity index (χ1) is 11.1. The smallest absolute Gasteiger partial charge is 0.223 e. The highest BCUT2D eigenvalue weighted by atomic mass is 16.5. The number of ketones is 1. The minimum absolute atomic E-state index is 0.000349. The van der Waals surface area contributed by atoms with Crippen LogP contribution in [0.15, 0.2) is 18.3 Å². The van der Waals surface area contributed by atoms with Crippen molar-refractivity contribution in [2.75, 3.05) is 7.11 Å². The van der Waals surface area contributed by atoms with Crippen molar-refractivity contribution in [3.8, 4) is 5.88 Å². The molecule has 1 aromatic carbocycles. The molecular formula is C19H24N2O2. The number of benzene rings is 1. The fraction of sp³-hybridized carbons (Fsp3) is 0.474. The highest BCUT2D eigenvalue weighted by Gasteiger charge is 2.25. The molecule has 1 heterocycles. The molecule has 1 aliphatic carbocycles. The third-order valence-corrected chi connectivity index (χ3v) is 4.95. The summed E-state index contributed by atoms with van der Waals surface area (Å²) in [4.78, 5) is 13.0. The van der Waals surface area contributed by atoms with Crippen LogP contribution in [0.3, 0.4) is 0 Å². The van der Waals surface area contributed by atoms with Gasteiger partial charge in [-0.05, 0) is 55.7 Å². The third kappa shape index (κ3) is 2.56.